The molecule has 0 amide bonds. The Morgan fingerprint density at radius 2 is 1.66 bits per heavy atom. The third-order valence-corrected chi connectivity index (χ3v) is 4.67. The number of carbonyl (C=O) groups is 1. The van der Waals surface area contributed by atoms with E-state index in [1.165, 1.54) is 44.1 Å². The van der Waals surface area contributed by atoms with E-state index in [1.54, 1.807) is 6.08 Å². The number of benzene rings is 2. The van der Waals surface area contributed by atoms with Crippen molar-refractivity contribution in [3.05, 3.63) is 71.3 Å². The lowest BCUT2D eigenvalue weighted by Gasteiger charge is -2.07. The number of aliphatic carboxylic acids is 1. The second kappa shape index (κ2) is 13.2. The number of hydrogen-bond donors (Lipinski definition) is 2. The molecule has 0 unspecified atom stereocenters. The van der Waals surface area contributed by atoms with E-state index < -0.39 is 5.97 Å². The first-order chi connectivity index (χ1) is 14.2. The van der Waals surface area contributed by atoms with E-state index in [9.17, 15) is 4.79 Å². The van der Waals surface area contributed by atoms with Gasteiger partial charge in [0.15, 0.2) is 0 Å². The Kier molecular flexibility index (Phi) is 10.2. The quantitative estimate of drug-likeness (QED) is 0.262. The highest BCUT2D eigenvalue weighted by molar-refractivity contribution is 5.85. The van der Waals surface area contributed by atoms with Gasteiger partial charge in [0.2, 0.25) is 0 Å². The summed E-state index contributed by atoms with van der Waals surface area (Å²) >= 11 is 0. The molecule has 0 aliphatic rings. The largest absolute Gasteiger partial charge is 0.478 e. The smallest absolute Gasteiger partial charge is 0.328 e. The van der Waals surface area contributed by atoms with Gasteiger partial charge in [-0.3, -0.25) is 0 Å². The Bertz CT molecular complexity index is 824. The van der Waals surface area contributed by atoms with Crippen molar-refractivity contribution in [1.29, 1.82) is 0 Å². The van der Waals surface area contributed by atoms with Crippen LogP contribution in [-0.2, 0) is 11.3 Å². The lowest BCUT2D eigenvalue weighted by molar-refractivity contribution is -0.131. The highest BCUT2D eigenvalue weighted by atomic mass is 16.4. The van der Waals surface area contributed by atoms with Gasteiger partial charge in [-0.2, -0.15) is 0 Å². The van der Waals surface area contributed by atoms with Crippen molar-refractivity contribution < 1.29 is 9.90 Å². The Morgan fingerprint density at radius 1 is 0.966 bits per heavy atom. The van der Waals surface area contributed by atoms with Crippen molar-refractivity contribution in [2.75, 3.05) is 5.32 Å². The van der Waals surface area contributed by atoms with E-state index in [-0.39, 0.29) is 0 Å². The van der Waals surface area contributed by atoms with Gasteiger partial charge in [0.05, 0.1) is 0 Å². The summed E-state index contributed by atoms with van der Waals surface area (Å²) in [7, 11) is 0. The van der Waals surface area contributed by atoms with Crippen LogP contribution in [0.25, 0.3) is 6.08 Å². The number of hydrogen-bond acceptors (Lipinski definition) is 2. The highest BCUT2D eigenvalue weighted by Crippen LogP contribution is 2.13. The van der Waals surface area contributed by atoms with Crippen molar-refractivity contribution in [3.8, 4) is 11.8 Å². The van der Waals surface area contributed by atoms with Gasteiger partial charge < -0.3 is 10.4 Å². The molecule has 0 spiro atoms. The molecule has 2 rings (SSSR count). The molecule has 152 valence electrons. The van der Waals surface area contributed by atoms with Crippen LogP contribution >= 0.6 is 0 Å². The summed E-state index contributed by atoms with van der Waals surface area (Å²) in [5, 5.41) is 12.0. The lowest BCUT2D eigenvalue weighted by atomic mass is 10.1. The molecule has 2 aromatic carbocycles. The Morgan fingerprint density at radius 3 is 2.34 bits per heavy atom. The average molecular weight is 390 g/mol. The maximum absolute atomic E-state index is 10.5. The van der Waals surface area contributed by atoms with Crippen LogP contribution in [0.4, 0.5) is 5.69 Å². The summed E-state index contributed by atoms with van der Waals surface area (Å²) in [5.41, 5.74) is 4.12. The van der Waals surface area contributed by atoms with Gasteiger partial charge >= 0.3 is 5.97 Å². The Labute approximate surface area is 174 Å². The minimum Gasteiger partial charge on any atom is -0.478 e. The van der Waals surface area contributed by atoms with Crippen LogP contribution in [0.1, 0.15) is 68.6 Å². The zero-order chi connectivity index (χ0) is 20.7. The lowest BCUT2D eigenvalue weighted by Crippen LogP contribution is -1.99. The molecule has 0 aliphatic heterocycles. The van der Waals surface area contributed by atoms with E-state index in [0.29, 0.717) is 0 Å². The summed E-state index contributed by atoms with van der Waals surface area (Å²) in [6, 6.07) is 16.0. The average Bonchev–Trinajstić information content (AvgIpc) is 2.74. The Hall–Kier alpha value is -2.99. The zero-order valence-electron chi connectivity index (χ0n) is 17.3. The molecule has 0 saturated heterocycles. The van der Waals surface area contributed by atoms with Crippen LogP contribution in [0.3, 0.4) is 0 Å². The molecule has 0 fully saturated rings. The minimum atomic E-state index is -0.942. The van der Waals surface area contributed by atoms with Gasteiger partial charge in [-0.05, 0) is 47.9 Å². The number of carboxylic acid groups (broad SMARTS) is 1. The van der Waals surface area contributed by atoms with Crippen molar-refractivity contribution in [2.45, 2.75) is 58.4 Å². The van der Waals surface area contributed by atoms with E-state index in [2.05, 4.69) is 48.3 Å². The molecule has 0 heterocycles. The minimum absolute atomic E-state index is 0.732. The van der Waals surface area contributed by atoms with E-state index >= 15 is 0 Å². The molecular formula is C26H31NO2. The topological polar surface area (TPSA) is 49.3 Å². The number of rotatable bonds is 11. The van der Waals surface area contributed by atoms with Gasteiger partial charge in [-0.15, -0.1) is 0 Å². The number of anilines is 1. The van der Waals surface area contributed by atoms with Gasteiger partial charge in [-0.1, -0.05) is 75.1 Å². The molecule has 3 heteroatoms. The maximum atomic E-state index is 10.5. The fourth-order valence-corrected chi connectivity index (χ4v) is 2.95. The molecule has 29 heavy (non-hydrogen) atoms. The maximum Gasteiger partial charge on any atom is 0.328 e. The third kappa shape index (κ3) is 9.67. The van der Waals surface area contributed by atoms with E-state index in [4.69, 9.17) is 5.11 Å². The summed E-state index contributed by atoms with van der Waals surface area (Å²) < 4.78 is 0. The van der Waals surface area contributed by atoms with Gasteiger partial charge in [0, 0.05) is 30.3 Å². The molecule has 0 saturated carbocycles. The summed E-state index contributed by atoms with van der Waals surface area (Å²) in [6.07, 6.45) is 11.5. The Balaban J connectivity index is 1.72. The van der Waals surface area contributed by atoms with Crippen LogP contribution in [0.5, 0.6) is 0 Å². The molecule has 0 aliphatic carbocycles. The molecule has 0 radical (unpaired) electrons. The predicted octanol–water partition coefficient (Wildman–Crippen LogP) is 6.50. The van der Waals surface area contributed by atoms with Gasteiger partial charge in [-0.25, -0.2) is 4.79 Å². The summed E-state index contributed by atoms with van der Waals surface area (Å²) in [4.78, 5) is 10.5. The molecular weight excluding hydrogens is 358 g/mol. The second-order valence-electron chi connectivity index (χ2n) is 7.16. The monoisotopic (exact) mass is 389 g/mol. The van der Waals surface area contributed by atoms with Crippen LogP contribution < -0.4 is 5.32 Å². The van der Waals surface area contributed by atoms with Crippen molar-refractivity contribution in [1.82, 2.24) is 0 Å². The van der Waals surface area contributed by atoms with E-state index in [0.717, 1.165) is 35.9 Å². The molecule has 0 aromatic heterocycles. The summed E-state index contributed by atoms with van der Waals surface area (Å²) in [5.74, 6) is 5.60. The van der Waals surface area contributed by atoms with Gasteiger partial charge in [0.25, 0.3) is 0 Å². The second-order valence-corrected chi connectivity index (χ2v) is 7.16. The standard InChI is InChI=1S/C26H31NO2/c1-2-3-4-5-6-7-8-9-10-22-11-13-24(14-12-22)21-27-25-18-15-23(16-19-25)17-20-26(28)29/h11-20,27H,2-8,21H2,1H3,(H,28,29)/b20-17+. The number of unbranched alkanes of at least 4 members (excludes halogenated alkanes) is 6. The summed E-state index contributed by atoms with van der Waals surface area (Å²) in [6.45, 7) is 2.98. The number of nitrogens with one attached hydrogen (secondary N) is 1. The van der Waals surface area contributed by atoms with Crippen molar-refractivity contribution in [3.63, 3.8) is 0 Å². The van der Waals surface area contributed by atoms with Gasteiger partial charge in [0.1, 0.15) is 0 Å². The predicted molar refractivity (Wildman–Crippen MR) is 122 cm³/mol. The normalized spacial score (nSPS) is 10.5. The first-order valence-corrected chi connectivity index (χ1v) is 10.5. The SMILES string of the molecule is CCCCCCCCC#Cc1ccc(CNc2ccc(/C=C/C(=O)O)cc2)cc1. The fourth-order valence-electron chi connectivity index (χ4n) is 2.95. The molecule has 0 atom stereocenters. The molecule has 2 N–H and O–H groups in total. The fraction of sp³-hybridized carbons (Fsp3) is 0.346. The zero-order valence-corrected chi connectivity index (χ0v) is 17.3. The molecule has 0 bridgehead atoms. The van der Waals surface area contributed by atoms with E-state index in [1.807, 2.05) is 24.3 Å². The molecule has 2 aromatic rings. The first kappa shape index (κ1) is 22.3. The van der Waals surface area contributed by atoms with Crippen molar-refractivity contribution >= 4 is 17.7 Å². The van der Waals surface area contributed by atoms with Crippen LogP contribution in [0.15, 0.2) is 54.6 Å². The number of carboxylic acids is 1. The highest BCUT2D eigenvalue weighted by Gasteiger charge is 1.96. The first-order valence-electron chi connectivity index (χ1n) is 10.5. The third-order valence-electron chi connectivity index (χ3n) is 4.67. The van der Waals surface area contributed by atoms with Crippen LogP contribution in [0.2, 0.25) is 0 Å². The van der Waals surface area contributed by atoms with Crippen LogP contribution in [0, 0.1) is 11.8 Å². The molecule has 3 nitrogen and oxygen atoms in total. The van der Waals surface area contributed by atoms with Crippen molar-refractivity contribution in [2.24, 2.45) is 0 Å². The van der Waals surface area contributed by atoms with Crippen LogP contribution in [-0.4, -0.2) is 11.1 Å².